The molecule has 3 aromatic rings. The van der Waals surface area contributed by atoms with Crippen LogP contribution >= 0.6 is 11.6 Å². The maximum atomic E-state index is 5.90. The Morgan fingerprint density at radius 2 is 2.19 bits per heavy atom. The summed E-state index contributed by atoms with van der Waals surface area (Å²) in [6.07, 6.45) is 5.01. The predicted molar refractivity (Wildman–Crippen MR) is 62.1 cm³/mol. The molecule has 0 spiro atoms. The van der Waals surface area contributed by atoms with Crippen LogP contribution in [0.4, 0.5) is 0 Å². The molecule has 3 rings (SSSR count). The Labute approximate surface area is 96.3 Å². The summed E-state index contributed by atoms with van der Waals surface area (Å²) >= 11 is 5.90. The molecule has 0 atom stereocenters. The maximum Gasteiger partial charge on any atom is 0.142 e. The van der Waals surface area contributed by atoms with Crippen molar-refractivity contribution >= 4 is 22.6 Å². The van der Waals surface area contributed by atoms with Crippen LogP contribution in [0.5, 0.6) is 0 Å². The first-order valence-corrected chi connectivity index (χ1v) is 5.12. The third-order valence-corrected chi connectivity index (χ3v) is 2.53. The van der Waals surface area contributed by atoms with Gasteiger partial charge >= 0.3 is 0 Å². The van der Waals surface area contributed by atoms with Gasteiger partial charge in [0.25, 0.3) is 0 Å². The average molecular weight is 231 g/mol. The molecule has 0 saturated heterocycles. The summed E-state index contributed by atoms with van der Waals surface area (Å²) in [7, 11) is 0. The first kappa shape index (κ1) is 9.30. The Balaban J connectivity index is 2.31. The Hall–Kier alpha value is -1.94. The third-order valence-electron chi connectivity index (χ3n) is 2.33. The standard InChI is InChI=1S/C11H7ClN4/c12-9-4-8-10(7-2-1-3-13-5-7)14-6-15-11(8)16-9/h1-6H,(H,14,15,16). The number of rotatable bonds is 1. The van der Waals surface area contributed by atoms with Crippen molar-refractivity contribution in [3.63, 3.8) is 0 Å². The summed E-state index contributed by atoms with van der Waals surface area (Å²) in [6.45, 7) is 0. The van der Waals surface area contributed by atoms with E-state index in [0.717, 1.165) is 22.3 Å². The van der Waals surface area contributed by atoms with Crippen LogP contribution in [0, 0.1) is 0 Å². The number of H-pyrrole nitrogens is 1. The number of fused-ring (bicyclic) bond motifs is 1. The second kappa shape index (κ2) is 3.57. The van der Waals surface area contributed by atoms with Crippen molar-refractivity contribution in [3.05, 3.63) is 42.1 Å². The quantitative estimate of drug-likeness (QED) is 0.699. The van der Waals surface area contributed by atoms with Gasteiger partial charge in [-0.05, 0) is 18.2 Å². The minimum absolute atomic E-state index is 0.556. The highest BCUT2D eigenvalue weighted by Gasteiger charge is 2.08. The fourth-order valence-electron chi connectivity index (χ4n) is 1.64. The van der Waals surface area contributed by atoms with Crippen molar-refractivity contribution in [3.8, 4) is 11.3 Å². The highest BCUT2D eigenvalue weighted by Crippen LogP contribution is 2.26. The van der Waals surface area contributed by atoms with Crippen LogP contribution in [0.2, 0.25) is 5.15 Å². The summed E-state index contributed by atoms with van der Waals surface area (Å²) in [5, 5.41) is 1.46. The molecule has 0 saturated carbocycles. The molecule has 4 nitrogen and oxygen atoms in total. The maximum absolute atomic E-state index is 5.90. The van der Waals surface area contributed by atoms with E-state index in [-0.39, 0.29) is 0 Å². The van der Waals surface area contributed by atoms with Crippen LogP contribution < -0.4 is 0 Å². The van der Waals surface area contributed by atoms with Gasteiger partial charge in [-0.25, -0.2) is 9.97 Å². The van der Waals surface area contributed by atoms with Gasteiger partial charge in [0.2, 0.25) is 0 Å². The third kappa shape index (κ3) is 1.44. The van der Waals surface area contributed by atoms with E-state index in [4.69, 9.17) is 11.6 Å². The number of hydrogen-bond acceptors (Lipinski definition) is 3. The van der Waals surface area contributed by atoms with Gasteiger partial charge in [0.05, 0.1) is 5.69 Å². The van der Waals surface area contributed by atoms with E-state index >= 15 is 0 Å². The minimum atomic E-state index is 0.556. The Morgan fingerprint density at radius 3 is 3.00 bits per heavy atom. The molecule has 78 valence electrons. The summed E-state index contributed by atoms with van der Waals surface area (Å²) in [4.78, 5) is 15.4. The summed E-state index contributed by atoms with van der Waals surface area (Å²) in [6, 6.07) is 5.65. The van der Waals surface area contributed by atoms with Crippen molar-refractivity contribution in [2.24, 2.45) is 0 Å². The number of aromatic nitrogens is 4. The number of pyridine rings is 1. The van der Waals surface area contributed by atoms with E-state index in [9.17, 15) is 0 Å². The molecule has 1 N–H and O–H groups in total. The van der Waals surface area contributed by atoms with E-state index in [0.29, 0.717) is 5.15 Å². The summed E-state index contributed by atoms with van der Waals surface area (Å²) < 4.78 is 0. The molecule has 16 heavy (non-hydrogen) atoms. The van der Waals surface area contributed by atoms with E-state index < -0.39 is 0 Å². The molecule has 0 amide bonds. The van der Waals surface area contributed by atoms with Crippen molar-refractivity contribution in [2.75, 3.05) is 0 Å². The lowest BCUT2D eigenvalue weighted by molar-refractivity contribution is 1.20. The first-order chi connectivity index (χ1) is 7.84. The van der Waals surface area contributed by atoms with Crippen molar-refractivity contribution in [1.29, 1.82) is 0 Å². The van der Waals surface area contributed by atoms with Gasteiger partial charge in [0.1, 0.15) is 17.1 Å². The molecule has 0 aliphatic heterocycles. The Kier molecular flexibility index (Phi) is 2.08. The van der Waals surface area contributed by atoms with Crippen molar-refractivity contribution < 1.29 is 0 Å². The normalized spacial score (nSPS) is 10.8. The highest BCUT2D eigenvalue weighted by molar-refractivity contribution is 6.30. The number of nitrogens with zero attached hydrogens (tertiary/aromatic N) is 3. The topological polar surface area (TPSA) is 54.5 Å². The fraction of sp³-hybridized carbons (Fsp3) is 0. The molecule has 0 aromatic carbocycles. The largest absolute Gasteiger partial charge is 0.330 e. The van der Waals surface area contributed by atoms with Crippen LogP contribution in [0.25, 0.3) is 22.3 Å². The SMILES string of the molecule is Clc1cc2c(-c3cccnc3)ncnc2[nH]1. The molecule has 3 heterocycles. The molecule has 0 fully saturated rings. The van der Waals surface area contributed by atoms with Gasteiger partial charge in [0.15, 0.2) is 0 Å². The number of halogens is 1. The van der Waals surface area contributed by atoms with Gasteiger partial charge in [0, 0.05) is 23.3 Å². The molecule has 0 bridgehead atoms. The first-order valence-electron chi connectivity index (χ1n) is 4.74. The molecule has 0 aliphatic rings. The molecule has 0 unspecified atom stereocenters. The molecule has 5 heteroatoms. The van der Waals surface area contributed by atoms with Gasteiger partial charge < -0.3 is 4.98 Å². The van der Waals surface area contributed by atoms with Crippen molar-refractivity contribution in [2.45, 2.75) is 0 Å². The molecule has 0 radical (unpaired) electrons. The second-order valence-electron chi connectivity index (χ2n) is 3.34. The lowest BCUT2D eigenvalue weighted by atomic mass is 10.1. The van der Waals surface area contributed by atoms with Gasteiger partial charge in [-0.15, -0.1) is 0 Å². The van der Waals surface area contributed by atoms with E-state index in [2.05, 4.69) is 19.9 Å². The van der Waals surface area contributed by atoms with Crippen molar-refractivity contribution in [1.82, 2.24) is 19.9 Å². The van der Waals surface area contributed by atoms with Crippen LogP contribution in [0.1, 0.15) is 0 Å². The lowest BCUT2D eigenvalue weighted by Crippen LogP contribution is -1.87. The van der Waals surface area contributed by atoms with E-state index in [1.54, 1.807) is 12.4 Å². The Morgan fingerprint density at radius 1 is 1.25 bits per heavy atom. The van der Waals surface area contributed by atoms with Gasteiger partial charge in [-0.3, -0.25) is 4.98 Å². The number of hydrogen-bond donors (Lipinski definition) is 1. The van der Waals surface area contributed by atoms with Crippen LogP contribution in [0.3, 0.4) is 0 Å². The number of aromatic amines is 1. The van der Waals surface area contributed by atoms with Crippen LogP contribution in [-0.4, -0.2) is 19.9 Å². The lowest BCUT2D eigenvalue weighted by Gasteiger charge is -2.00. The monoisotopic (exact) mass is 230 g/mol. The summed E-state index contributed by atoms with van der Waals surface area (Å²) in [5.41, 5.74) is 2.52. The minimum Gasteiger partial charge on any atom is -0.330 e. The second-order valence-corrected chi connectivity index (χ2v) is 3.75. The van der Waals surface area contributed by atoms with Gasteiger partial charge in [-0.2, -0.15) is 0 Å². The number of nitrogens with one attached hydrogen (secondary N) is 1. The molecular weight excluding hydrogens is 224 g/mol. The highest BCUT2D eigenvalue weighted by atomic mass is 35.5. The van der Waals surface area contributed by atoms with Gasteiger partial charge in [-0.1, -0.05) is 11.6 Å². The zero-order valence-corrected chi connectivity index (χ0v) is 8.94. The fourth-order valence-corrected chi connectivity index (χ4v) is 1.84. The van der Waals surface area contributed by atoms with Crippen LogP contribution in [0.15, 0.2) is 36.9 Å². The smallest absolute Gasteiger partial charge is 0.142 e. The average Bonchev–Trinajstić information content (AvgIpc) is 2.70. The molecule has 0 aliphatic carbocycles. The zero-order chi connectivity index (χ0) is 11.0. The molecular formula is C11H7ClN4. The van der Waals surface area contributed by atoms with Crippen LogP contribution in [-0.2, 0) is 0 Å². The van der Waals surface area contributed by atoms with E-state index in [1.165, 1.54) is 6.33 Å². The molecule has 3 aromatic heterocycles. The predicted octanol–water partition coefficient (Wildman–Crippen LogP) is 2.67. The van der Waals surface area contributed by atoms with E-state index in [1.807, 2.05) is 18.2 Å². The summed E-state index contributed by atoms with van der Waals surface area (Å²) in [5.74, 6) is 0. The Bertz CT molecular complexity index is 633. The zero-order valence-electron chi connectivity index (χ0n) is 8.18.